The molecule has 1 aromatic carbocycles. The average Bonchev–Trinajstić information content (AvgIpc) is 3.41. The zero-order valence-corrected chi connectivity index (χ0v) is 15.2. The Morgan fingerprint density at radius 3 is 2.72 bits per heavy atom. The lowest BCUT2D eigenvalue weighted by atomic mass is 10.3. The molecule has 0 saturated heterocycles. The predicted molar refractivity (Wildman–Crippen MR) is 93.7 cm³/mol. The maximum Gasteiger partial charge on any atom is 0.266 e. The number of methoxy groups -OCH3 is 1. The van der Waals surface area contributed by atoms with E-state index in [1.165, 1.54) is 36.1 Å². The van der Waals surface area contributed by atoms with Crippen LogP contribution in [0.25, 0.3) is 0 Å². The summed E-state index contributed by atoms with van der Waals surface area (Å²) in [4.78, 5) is 11.9. The van der Waals surface area contributed by atoms with Crippen LogP contribution in [0.2, 0.25) is 5.02 Å². The van der Waals surface area contributed by atoms with Gasteiger partial charge in [0.05, 0.1) is 29.3 Å². The highest BCUT2D eigenvalue weighted by atomic mass is 35.5. The fourth-order valence-corrected chi connectivity index (χ4v) is 3.77. The van der Waals surface area contributed by atoms with Gasteiger partial charge < -0.3 is 4.74 Å². The summed E-state index contributed by atoms with van der Waals surface area (Å²) in [6, 6.07) is 7.42. The smallest absolute Gasteiger partial charge is 0.266 e. The van der Waals surface area contributed by atoms with Crippen molar-refractivity contribution in [2.45, 2.75) is 30.2 Å². The number of hydrogen-bond acceptors (Lipinski definition) is 5. The predicted octanol–water partition coefficient (Wildman–Crippen LogP) is 1.76. The Balaban J connectivity index is 1.67. The first-order chi connectivity index (χ1) is 11.9. The number of benzene rings is 1. The summed E-state index contributed by atoms with van der Waals surface area (Å²) in [5, 5.41) is 4.50. The van der Waals surface area contributed by atoms with Gasteiger partial charge in [-0.3, -0.25) is 4.79 Å². The quantitative estimate of drug-likeness (QED) is 0.786. The third kappa shape index (κ3) is 4.20. The minimum atomic E-state index is -3.74. The molecule has 0 radical (unpaired) electrons. The van der Waals surface area contributed by atoms with Crippen LogP contribution in [-0.2, 0) is 16.6 Å². The maximum absolute atomic E-state index is 12.3. The summed E-state index contributed by atoms with van der Waals surface area (Å²) in [6.07, 6.45) is 2.16. The summed E-state index contributed by atoms with van der Waals surface area (Å²) in [5.41, 5.74) is 0.625. The second-order valence-electron chi connectivity index (χ2n) is 5.79. The van der Waals surface area contributed by atoms with Gasteiger partial charge in [0.15, 0.2) is 0 Å². The number of aromatic nitrogens is 2. The molecule has 7 nitrogen and oxygen atoms in total. The third-order valence-electron chi connectivity index (χ3n) is 3.93. The molecular weight excluding hydrogens is 366 g/mol. The highest BCUT2D eigenvalue weighted by Gasteiger charge is 2.25. The summed E-state index contributed by atoms with van der Waals surface area (Å²) in [7, 11) is -2.29. The average molecular weight is 384 g/mol. The van der Waals surface area contributed by atoms with E-state index in [2.05, 4.69) is 9.82 Å². The molecule has 1 fully saturated rings. The van der Waals surface area contributed by atoms with Crippen molar-refractivity contribution in [2.24, 2.45) is 0 Å². The van der Waals surface area contributed by atoms with Crippen LogP contribution in [-0.4, -0.2) is 31.9 Å². The van der Waals surface area contributed by atoms with E-state index in [4.69, 9.17) is 16.3 Å². The van der Waals surface area contributed by atoms with Gasteiger partial charge in [-0.25, -0.2) is 17.8 Å². The van der Waals surface area contributed by atoms with Gasteiger partial charge >= 0.3 is 0 Å². The molecule has 1 aromatic heterocycles. The molecule has 25 heavy (non-hydrogen) atoms. The number of nitrogens with one attached hydrogen (secondary N) is 1. The lowest BCUT2D eigenvalue weighted by Crippen LogP contribution is -2.32. The summed E-state index contributed by atoms with van der Waals surface area (Å²) in [5.74, 6) is 0.818. The first kappa shape index (κ1) is 17.9. The molecule has 0 atom stereocenters. The van der Waals surface area contributed by atoms with Crippen LogP contribution < -0.4 is 15.0 Å². The molecule has 0 aliphatic heterocycles. The van der Waals surface area contributed by atoms with E-state index in [9.17, 15) is 13.2 Å². The van der Waals surface area contributed by atoms with Gasteiger partial charge in [-0.2, -0.15) is 5.10 Å². The molecule has 1 aliphatic carbocycles. The highest BCUT2D eigenvalue weighted by molar-refractivity contribution is 7.89. The van der Waals surface area contributed by atoms with Gasteiger partial charge in [0.25, 0.3) is 5.56 Å². The highest BCUT2D eigenvalue weighted by Crippen LogP contribution is 2.38. The molecule has 9 heteroatoms. The van der Waals surface area contributed by atoms with Crippen LogP contribution >= 0.6 is 11.6 Å². The number of sulfonamides is 1. The first-order valence-electron chi connectivity index (χ1n) is 7.82. The Kier molecular flexibility index (Phi) is 5.12. The Bertz CT molecular complexity index is 939. The molecule has 0 amide bonds. The molecule has 0 bridgehead atoms. The van der Waals surface area contributed by atoms with Crippen LogP contribution in [0.5, 0.6) is 5.75 Å². The van der Waals surface area contributed by atoms with Crippen LogP contribution in [0.3, 0.4) is 0 Å². The molecule has 0 spiro atoms. The molecular formula is C16H18ClN3O4S. The lowest BCUT2D eigenvalue weighted by Gasteiger charge is -2.10. The van der Waals surface area contributed by atoms with E-state index in [1.807, 2.05) is 0 Å². The van der Waals surface area contributed by atoms with Crippen molar-refractivity contribution in [2.75, 3.05) is 13.7 Å². The van der Waals surface area contributed by atoms with E-state index in [1.54, 1.807) is 6.07 Å². The Morgan fingerprint density at radius 1 is 1.32 bits per heavy atom. The Labute approximate surface area is 150 Å². The minimum Gasteiger partial charge on any atom is -0.495 e. The number of ether oxygens (including phenoxy) is 1. The molecule has 3 rings (SSSR count). The topological polar surface area (TPSA) is 90.3 Å². The van der Waals surface area contributed by atoms with Gasteiger partial charge in [0.2, 0.25) is 10.0 Å². The summed E-state index contributed by atoms with van der Waals surface area (Å²) < 4.78 is 33.4. The van der Waals surface area contributed by atoms with E-state index in [0.717, 1.165) is 18.5 Å². The fraction of sp³-hybridized carbons (Fsp3) is 0.375. The van der Waals surface area contributed by atoms with Gasteiger partial charge in [0, 0.05) is 18.5 Å². The molecule has 1 aliphatic rings. The molecule has 134 valence electrons. The van der Waals surface area contributed by atoms with Crippen LogP contribution in [0, 0.1) is 0 Å². The lowest BCUT2D eigenvalue weighted by molar-refractivity contribution is 0.414. The molecule has 0 unspecified atom stereocenters. The normalized spacial score (nSPS) is 14.5. The van der Waals surface area contributed by atoms with Crippen LogP contribution in [0.4, 0.5) is 0 Å². The van der Waals surface area contributed by atoms with Gasteiger partial charge in [-0.1, -0.05) is 11.6 Å². The molecule has 1 heterocycles. The van der Waals surface area contributed by atoms with Crippen LogP contribution in [0.1, 0.15) is 24.5 Å². The summed E-state index contributed by atoms with van der Waals surface area (Å²) in [6.45, 7) is 0.204. The van der Waals surface area contributed by atoms with Gasteiger partial charge in [0.1, 0.15) is 5.75 Å². The standard InChI is InChI=1S/C16H18ClN3O4S/c1-24-15-6-4-12(10-13(15)17)25(22,23)18-8-9-20-16(21)7-5-14(19-20)11-2-3-11/h4-7,10-11,18H,2-3,8-9H2,1H3. The zero-order valence-electron chi connectivity index (χ0n) is 13.6. The number of hydrogen-bond donors (Lipinski definition) is 1. The van der Waals surface area contributed by atoms with Crippen molar-refractivity contribution in [3.05, 3.63) is 51.4 Å². The third-order valence-corrected chi connectivity index (χ3v) is 5.69. The summed E-state index contributed by atoms with van der Waals surface area (Å²) >= 11 is 5.97. The number of rotatable bonds is 7. The fourth-order valence-electron chi connectivity index (χ4n) is 2.41. The SMILES string of the molecule is COc1ccc(S(=O)(=O)NCCn2nc(C3CC3)ccc2=O)cc1Cl. The van der Waals surface area contributed by atoms with Crippen molar-refractivity contribution in [1.82, 2.24) is 14.5 Å². The van der Waals surface area contributed by atoms with Crippen LogP contribution in [0.15, 0.2) is 40.0 Å². The van der Waals surface area contributed by atoms with Crippen molar-refractivity contribution >= 4 is 21.6 Å². The molecule has 1 N–H and O–H groups in total. The Morgan fingerprint density at radius 2 is 2.08 bits per heavy atom. The monoisotopic (exact) mass is 383 g/mol. The second kappa shape index (κ2) is 7.15. The largest absolute Gasteiger partial charge is 0.495 e. The van der Waals surface area contributed by atoms with E-state index in [-0.39, 0.29) is 28.6 Å². The number of halogens is 1. The molecule has 2 aromatic rings. The van der Waals surface area contributed by atoms with Crippen molar-refractivity contribution in [3.63, 3.8) is 0 Å². The van der Waals surface area contributed by atoms with Crippen molar-refractivity contribution < 1.29 is 13.2 Å². The van der Waals surface area contributed by atoms with Gasteiger partial charge in [-0.15, -0.1) is 0 Å². The zero-order chi connectivity index (χ0) is 18.0. The maximum atomic E-state index is 12.3. The van der Waals surface area contributed by atoms with Gasteiger partial charge in [-0.05, 0) is 37.1 Å². The van der Waals surface area contributed by atoms with Crippen molar-refractivity contribution in [1.29, 1.82) is 0 Å². The first-order valence-corrected chi connectivity index (χ1v) is 9.68. The molecule has 1 saturated carbocycles. The Hall–Kier alpha value is -1.90. The van der Waals surface area contributed by atoms with E-state index < -0.39 is 10.0 Å². The van der Waals surface area contributed by atoms with Crippen molar-refractivity contribution in [3.8, 4) is 5.75 Å². The van der Waals surface area contributed by atoms with E-state index in [0.29, 0.717) is 11.7 Å². The number of nitrogens with zero attached hydrogens (tertiary/aromatic N) is 2. The second-order valence-corrected chi connectivity index (χ2v) is 7.96. The minimum absolute atomic E-state index is 0.0327. The van der Waals surface area contributed by atoms with E-state index >= 15 is 0 Å².